The normalized spacial score (nSPS) is 10.3. The van der Waals surface area contributed by atoms with Crippen molar-refractivity contribution in [3.05, 3.63) is 41.2 Å². The van der Waals surface area contributed by atoms with Gasteiger partial charge in [0.1, 0.15) is 5.75 Å². The van der Waals surface area contributed by atoms with E-state index in [1.165, 1.54) is 7.05 Å². The zero-order chi connectivity index (χ0) is 21.4. The smallest absolute Gasteiger partial charge is 0.306 e. The first-order valence-electron chi connectivity index (χ1n) is 9.18. The van der Waals surface area contributed by atoms with Crippen LogP contribution in [-0.2, 0) is 25.5 Å². The number of aryl methyl sites for hydroxylation is 1. The summed E-state index contributed by atoms with van der Waals surface area (Å²) in [5.41, 5.74) is 3.56. The molecule has 1 heterocycles. The van der Waals surface area contributed by atoms with Crippen LogP contribution in [0.1, 0.15) is 23.4 Å². The average Bonchev–Trinajstić information content (AvgIpc) is 3.02. The standard InChI is InChI=1S/C20H26N4O5/c1-13-17(8-9-20(27)29-12-19(26)22-11-18(25)21-3)14(2)24(23-13)15-6-5-7-16(10-15)28-4/h5-7,10H,8-9,11-12H2,1-4H3,(H,21,25)(H,22,26). The third-order valence-electron chi connectivity index (χ3n) is 4.41. The van der Waals surface area contributed by atoms with Gasteiger partial charge >= 0.3 is 5.97 Å². The molecule has 2 rings (SSSR count). The van der Waals surface area contributed by atoms with Crippen molar-refractivity contribution in [3.8, 4) is 11.4 Å². The van der Waals surface area contributed by atoms with Crippen LogP contribution >= 0.6 is 0 Å². The Morgan fingerprint density at radius 2 is 1.93 bits per heavy atom. The van der Waals surface area contributed by atoms with Gasteiger partial charge in [-0.05, 0) is 38.0 Å². The van der Waals surface area contributed by atoms with Crippen LogP contribution in [0.4, 0.5) is 0 Å². The Morgan fingerprint density at radius 3 is 2.62 bits per heavy atom. The van der Waals surface area contributed by atoms with Crippen LogP contribution in [0.2, 0.25) is 0 Å². The van der Waals surface area contributed by atoms with Crippen molar-refractivity contribution in [1.82, 2.24) is 20.4 Å². The first kappa shape index (κ1) is 21.9. The fourth-order valence-corrected chi connectivity index (χ4v) is 2.79. The molecular weight excluding hydrogens is 376 g/mol. The minimum atomic E-state index is -0.528. The maximum Gasteiger partial charge on any atom is 0.306 e. The predicted molar refractivity (Wildman–Crippen MR) is 106 cm³/mol. The van der Waals surface area contributed by atoms with Crippen molar-refractivity contribution in [3.63, 3.8) is 0 Å². The van der Waals surface area contributed by atoms with E-state index in [1.54, 1.807) is 7.11 Å². The lowest BCUT2D eigenvalue weighted by atomic mass is 10.1. The molecule has 0 aliphatic heterocycles. The highest BCUT2D eigenvalue weighted by Crippen LogP contribution is 2.22. The summed E-state index contributed by atoms with van der Waals surface area (Å²) in [5.74, 6) is -0.619. The summed E-state index contributed by atoms with van der Waals surface area (Å²) in [6.45, 7) is 3.24. The second-order valence-corrected chi connectivity index (χ2v) is 6.37. The molecule has 0 spiro atoms. The molecule has 156 valence electrons. The molecule has 2 amide bonds. The summed E-state index contributed by atoms with van der Waals surface area (Å²) in [6.07, 6.45) is 0.564. The zero-order valence-electron chi connectivity index (χ0n) is 17.1. The molecule has 0 aliphatic rings. The fourth-order valence-electron chi connectivity index (χ4n) is 2.79. The average molecular weight is 402 g/mol. The Balaban J connectivity index is 1.92. The second-order valence-electron chi connectivity index (χ2n) is 6.37. The van der Waals surface area contributed by atoms with Gasteiger partial charge in [0.25, 0.3) is 5.91 Å². The molecule has 0 saturated carbocycles. The van der Waals surface area contributed by atoms with Crippen LogP contribution in [0.3, 0.4) is 0 Å². The van der Waals surface area contributed by atoms with Crippen LogP contribution < -0.4 is 15.4 Å². The van der Waals surface area contributed by atoms with E-state index in [1.807, 2.05) is 42.8 Å². The van der Waals surface area contributed by atoms with Gasteiger partial charge in [0, 0.05) is 25.2 Å². The number of rotatable bonds is 9. The van der Waals surface area contributed by atoms with E-state index in [4.69, 9.17) is 9.47 Å². The molecule has 2 N–H and O–H groups in total. The minimum absolute atomic E-state index is 0.119. The van der Waals surface area contributed by atoms with Crippen LogP contribution in [0, 0.1) is 13.8 Å². The molecule has 2 aromatic rings. The van der Waals surface area contributed by atoms with Gasteiger partial charge in [0.05, 0.1) is 25.0 Å². The van der Waals surface area contributed by atoms with Crippen molar-refractivity contribution in [2.24, 2.45) is 0 Å². The van der Waals surface area contributed by atoms with Crippen molar-refractivity contribution < 1.29 is 23.9 Å². The summed E-state index contributed by atoms with van der Waals surface area (Å²) in [6, 6.07) is 7.56. The molecule has 0 saturated heterocycles. The first-order chi connectivity index (χ1) is 13.8. The van der Waals surface area contributed by atoms with Crippen molar-refractivity contribution in [2.45, 2.75) is 26.7 Å². The summed E-state index contributed by atoms with van der Waals surface area (Å²) < 4.78 is 12.0. The van der Waals surface area contributed by atoms with Crippen LogP contribution in [0.15, 0.2) is 24.3 Å². The number of likely N-dealkylation sites (N-methyl/N-ethyl adjacent to an activating group) is 1. The van der Waals surface area contributed by atoms with Gasteiger partial charge in [0.15, 0.2) is 6.61 Å². The van der Waals surface area contributed by atoms with E-state index in [-0.39, 0.29) is 18.9 Å². The van der Waals surface area contributed by atoms with Crippen molar-refractivity contribution in [1.29, 1.82) is 0 Å². The lowest BCUT2D eigenvalue weighted by Crippen LogP contribution is -2.37. The third kappa shape index (κ3) is 6.06. The lowest BCUT2D eigenvalue weighted by molar-refractivity contribution is -0.148. The summed E-state index contributed by atoms with van der Waals surface area (Å²) >= 11 is 0. The number of nitrogens with one attached hydrogen (secondary N) is 2. The molecule has 9 heteroatoms. The number of carbonyl (C=O) groups excluding carboxylic acids is 3. The zero-order valence-corrected chi connectivity index (χ0v) is 17.1. The van der Waals surface area contributed by atoms with E-state index in [0.717, 1.165) is 28.4 Å². The van der Waals surface area contributed by atoms with E-state index < -0.39 is 18.5 Å². The third-order valence-corrected chi connectivity index (χ3v) is 4.41. The SMILES string of the molecule is CNC(=O)CNC(=O)COC(=O)CCc1c(C)nn(-c2cccc(OC)c2)c1C. The van der Waals surface area contributed by atoms with E-state index >= 15 is 0 Å². The molecule has 9 nitrogen and oxygen atoms in total. The Labute approximate surface area is 169 Å². The van der Waals surface area contributed by atoms with Gasteiger partial charge < -0.3 is 20.1 Å². The molecule has 0 atom stereocenters. The number of carbonyl (C=O) groups is 3. The Hall–Kier alpha value is -3.36. The van der Waals surface area contributed by atoms with Crippen molar-refractivity contribution >= 4 is 17.8 Å². The fraction of sp³-hybridized carbons (Fsp3) is 0.400. The first-order valence-corrected chi connectivity index (χ1v) is 9.18. The molecule has 29 heavy (non-hydrogen) atoms. The van der Waals surface area contributed by atoms with Gasteiger partial charge in [-0.2, -0.15) is 5.10 Å². The highest BCUT2D eigenvalue weighted by molar-refractivity contribution is 5.86. The maximum atomic E-state index is 12.0. The van der Waals surface area contributed by atoms with Gasteiger partial charge in [-0.15, -0.1) is 0 Å². The molecular formula is C20H26N4O5. The van der Waals surface area contributed by atoms with Crippen LogP contribution in [-0.4, -0.2) is 54.9 Å². The van der Waals surface area contributed by atoms with Crippen molar-refractivity contribution in [2.75, 3.05) is 27.3 Å². The Bertz CT molecular complexity index is 891. The molecule has 0 fully saturated rings. The second kappa shape index (κ2) is 10.3. The number of esters is 1. The van der Waals surface area contributed by atoms with E-state index in [9.17, 15) is 14.4 Å². The number of aromatic nitrogens is 2. The number of ether oxygens (including phenoxy) is 2. The Morgan fingerprint density at radius 1 is 1.17 bits per heavy atom. The molecule has 0 unspecified atom stereocenters. The molecule has 1 aromatic carbocycles. The largest absolute Gasteiger partial charge is 0.497 e. The number of hydrogen-bond donors (Lipinski definition) is 2. The quantitative estimate of drug-likeness (QED) is 0.601. The molecule has 0 radical (unpaired) electrons. The van der Waals surface area contributed by atoms with Gasteiger partial charge in [-0.1, -0.05) is 6.07 Å². The summed E-state index contributed by atoms with van der Waals surface area (Å²) in [7, 11) is 3.07. The lowest BCUT2D eigenvalue weighted by Gasteiger charge is -2.08. The van der Waals surface area contributed by atoms with Crippen LogP contribution in [0.25, 0.3) is 5.69 Å². The predicted octanol–water partition coefficient (Wildman–Crippen LogP) is 0.836. The maximum absolute atomic E-state index is 12.0. The monoisotopic (exact) mass is 402 g/mol. The summed E-state index contributed by atoms with van der Waals surface area (Å²) in [5, 5.41) is 9.30. The van der Waals surface area contributed by atoms with E-state index in [2.05, 4.69) is 15.7 Å². The van der Waals surface area contributed by atoms with Gasteiger partial charge in [-0.3, -0.25) is 14.4 Å². The topological polar surface area (TPSA) is 112 Å². The Kier molecular flexibility index (Phi) is 7.76. The van der Waals surface area contributed by atoms with Crippen LogP contribution in [0.5, 0.6) is 5.75 Å². The molecule has 1 aromatic heterocycles. The highest BCUT2D eigenvalue weighted by Gasteiger charge is 2.16. The number of amides is 2. The minimum Gasteiger partial charge on any atom is -0.497 e. The van der Waals surface area contributed by atoms with Gasteiger partial charge in [0.2, 0.25) is 5.91 Å². The number of benzene rings is 1. The van der Waals surface area contributed by atoms with Gasteiger partial charge in [-0.25, -0.2) is 4.68 Å². The number of nitrogens with zero attached hydrogens (tertiary/aromatic N) is 2. The number of hydrogen-bond acceptors (Lipinski definition) is 6. The van der Waals surface area contributed by atoms with E-state index in [0.29, 0.717) is 6.42 Å². The summed E-state index contributed by atoms with van der Waals surface area (Å²) in [4.78, 5) is 34.6. The number of methoxy groups -OCH3 is 1. The molecule has 0 bridgehead atoms. The molecule has 0 aliphatic carbocycles. The highest BCUT2D eigenvalue weighted by atomic mass is 16.5.